The zero-order valence-corrected chi connectivity index (χ0v) is 58.9. The number of aromatic amines is 4. The molecule has 111 heavy (non-hydrogen) atoms. The Hall–Kier alpha value is -14.2. The number of hydrogen-bond acceptors (Lipinski definition) is 28. The Morgan fingerprint density at radius 1 is 0.405 bits per heavy atom. The molecule has 0 fully saturated rings. The third-order valence-corrected chi connectivity index (χ3v) is 20.4. The molecule has 12 rings (SSSR count). The van der Waals surface area contributed by atoms with E-state index in [1.54, 1.807) is 0 Å². The van der Waals surface area contributed by atoms with Crippen LogP contribution in [-0.4, -0.2) is 170 Å². The number of aromatic carboxylic acids is 2. The van der Waals surface area contributed by atoms with Crippen molar-refractivity contribution in [2.45, 2.75) is 41.5 Å². The minimum absolute atomic E-state index is 0.105. The van der Waals surface area contributed by atoms with Gasteiger partial charge in [-0.15, -0.1) is 0 Å². The summed E-state index contributed by atoms with van der Waals surface area (Å²) in [6, 6.07) is 24.2. The Kier molecular flexibility index (Phi) is 20.6. The van der Waals surface area contributed by atoms with Gasteiger partial charge in [-0.3, -0.25) is 37.8 Å². The molecule has 6 heterocycles. The first-order valence-electron chi connectivity index (χ1n) is 30.4. The summed E-state index contributed by atoms with van der Waals surface area (Å²) in [6.45, 7) is 0. The van der Waals surface area contributed by atoms with Gasteiger partial charge in [0.05, 0.1) is 89.6 Å². The highest BCUT2D eigenvalue weighted by Gasteiger charge is 2.43. The highest BCUT2D eigenvalue weighted by Crippen LogP contribution is 2.34. The number of nitrogens with one attached hydrogen (secondary N) is 4. The lowest BCUT2D eigenvalue weighted by Gasteiger charge is -2.12. The molecule has 49 heteroatoms. The number of hydrogen-bond donors (Lipinski definition) is 12. The normalized spacial score (nSPS) is 15.7. The molecule has 6 aromatic carbocycles. The quantitative estimate of drug-likeness (QED) is 0.0263. The standard InChI is InChI=1S/C62H42N20O24S5/c83-51-47(49(55(89)90)77-81(51)37-13-17-39(18-14-37)108(95,96)97)75-73-43-27-35(11-21-45(43)110(101,102)103)65-59-67-57(69-61(71-59)79-23-3-5-31(29-79)53(85)86)63-33-7-1-9-41(25-33)107(93,94)42-10-2-8-34(26-42)64-58-68-60(72-62(70-58)80-24-4-6-32(30-80)54(87)88)66-36-12-22-46(111(104,105)106)44(28-36)74-76-48-50(56(91)92)78-82(52(48)84)38-15-19-40(20-16-38)109(98,99)100/h1-30,47-48H,(H10-2,63,64,65,66,67,68,69,70,71,72,85,86,87,88,89,90,91,92,95,96,97,98,99,100,101,102,103,104,105,106)/p+2. The lowest BCUT2D eigenvalue weighted by atomic mass is 10.2. The van der Waals surface area contributed by atoms with Gasteiger partial charge in [0, 0.05) is 0 Å². The number of H-pyrrole nitrogens is 4. The topological polar surface area (TPSA) is 662 Å². The molecule has 2 aliphatic rings. The van der Waals surface area contributed by atoms with Crippen molar-refractivity contribution in [1.82, 2.24) is 29.9 Å². The van der Waals surface area contributed by atoms with Crippen molar-refractivity contribution in [1.29, 1.82) is 0 Å². The van der Waals surface area contributed by atoms with Crippen LogP contribution in [0, 0.1) is 0 Å². The van der Waals surface area contributed by atoms with Gasteiger partial charge in [-0.1, -0.05) is 12.1 Å². The molecule has 0 radical (unpaired) electrons. The number of benzene rings is 6. The Labute approximate surface area is 618 Å². The maximum Gasteiger partial charge on any atom is 0.407 e. The average Bonchev–Trinajstić information content (AvgIpc) is 1.73. The number of pyridine rings is 2. The molecule has 2 unspecified atom stereocenters. The SMILES string of the molecule is O=C(O)C1=NN(c2ccc(S(=O)(=O)O)cc2)C(=O)C1N=Nc1cc(N=c2[nH]c(-[n+]3cccc(C(=O)O)c3)nc(=Nc3cccc(S(=O)(=O)c4cccc(N=c5nc(-[n+]6cccc(C(=O)O)c6)[nH]c(=Nc6ccc(S(=O)(=O)O)c(N=NC7C(=O)N(c8ccc(S(=O)(=O)O)cc8)N=C7C(=O)O)c6)[nH]5)c4)c3)[nH]2)ccc1S(=O)(=O)O. The van der Waals surface area contributed by atoms with Crippen LogP contribution >= 0.6 is 0 Å². The van der Waals surface area contributed by atoms with Crippen molar-refractivity contribution in [3.05, 3.63) is 216 Å². The molecule has 0 bridgehead atoms. The van der Waals surface area contributed by atoms with Crippen molar-refractivity contribution < 1.29 is 119 Å². The molecule has 0 saturated carbocycles. The zero-order chi connectivity index (χ0) is 79.8. The van der Waals surface area contributed by atoms with E-state index in [9.17, 15) is 109 Å². The van der Waals surface area contributed by atoms with Gasteiger partial charge in [0.2, 0.25) is 21.9 Å². The Morgan fingerprint density at radius 2 is 0.775 bits per heavy atom. The maximum absolute atomic E-state index is 14.7. The largest absolute Gasteiger partial charge is 0.478 e. The minimum atomic E-state index is -5.19. The zero-order valence-electron chi connectivity index (χ0n) is 54.8. The first-order valence-corrected chi connectivity index (χ1v) is 37.7. The van der Waals surface area contributed by atoms with E-state index >= 15 is 0 Å². The van der Waals surface area contributed by atoms with Crippen LogP contribution in [0.3, 0.4) is 0 Å². The number of carboxylic acid groups (broad SMARTS) is 4. The van der Waals surface area contributed by atoms with Gasteiger partial charge in [-0.05, 0) is 156 Å². The smallest absolute Gasteiger partial charge is 0.407 e. The van der Waals surface area contributed by atoms with Gasteiger partial charge in [0.15, 0.2) is 11.4 Å². The number of sulfone groups is 1. The van der Waals surface area contributed by atoms with Crippen LogP contribution in [-0.2, 0) is 69.5 Å². The van der Waals surface area contributed by atoms with Gasteiger partial charge >= 0.3 is 47.0 Å². The summed E-state index contributed by atoms with van der Waals surface area (Å²) in [5.74, 6) is -9.09. The fraction of sp³-hybridized carbons (Fsp3) is 0.0323. The van der Waals surface area contributed by atoms with Gasteiger partial charge in [0.1, 0.15) is 21.2 Å². The van der Waals surface area contributed by atoms with E-state index in [4.69, 9.17) is 0 Å². The maximum atomic E-state index is 14.7. The van der Waals surface area contributed by atoms with E-state index in [1.165, 1.54) is 82.2 Å². The Bertz CT molecular complexity index is 6330. The van der Waals surface area contributed by atoms with E-state index in [0.29, 0.717) is 10.0 Å². The number of carbonyl (C=O) groups excluding carboxylic acids is 2. The van der Waals surface area contributed by atoms with Crippen LogP contribution in [0.25, 0.3) is 11.9 Å². The summed E-state index contributed by atoms with van der Waals surface area (Å²) in [7, 11) is -24.4. The van der Waals surface area contributed by atoms with Crippen LogP contribution in [0.5, 0.6) is 0 Å². The summed E-state index contributed by atoms with van der Waals surface area (Å²) < 4.78 is 168. The molecular formula is C62H44N20O24S5+2. The number of rotatable bonds is 22. The first kappa shape index (κ1) is 76.4. The second kappa shape index (κ2) is 29.9. The van der Waals surface area contributed by atoms with Crippen LogP contribution in [0.4, 0.5) is 45.5 Å². The second-order valence-corrected chi connectivity index (χ2v) is 30.2. The van der Waals surface area contributed by atoms with Crippen molar-refractivity contribution in [3.8, 4) is 11.9 Å². The van der Waals surface area contributed by atoms with Gasteiger partial charge in [-0.25, -0.2) is 56.7 Å². The van der Waals surface area contributed by atoms with Gasteiger partial charge in [-0.2, -0.15) is 84.3 Å². The van der Waals surface area contributed by atoms with Crippen molar-refractivity contribution >= 4 is 143 Å². The lowest BCUT2D eigenvalue weighted by molar-refractivity contribution is -0.604. The van der Waals surface area contributed by atoms with Crippen LogP contribution in [0.2, 0.25) is 0 Å². The Morgan fingerprint density at radius 3 is 1.12 bits per heavy atom. The van der Waals surface area contributed by atoms with E-state index in [0.717, 1.165) is 109 Å². The molecule has 0 aliphatic carbocycles. The van der Waals surface area contributed by atoms with E-state index in [1.807, 2.05) is 0 Å². The predicted octanol–water partition coefficient (Wildman–Crippen LogP) is 2.37. The molecule has 44 nitrogen and oxygen atoms in total. The van der Waals surface area contributed by atoms with Gasteiger partial charge < -0.3 is 20.4 Å². The van der Waals surface area contributed by atoms with E-state index < -0.39 is 140 Å². The van der Waals surface area contributed by atoms with Gasteiger partial charge in [0.25, 0.3) is 63.5 Å². The summed E-state index contributed by atoms with van der Waals surface area (Å²) in [5, 5.41) is 63.4. The number of hydrazone groups is 2. The number of carbonyl (C=O) groups is 6. The van der Waals surface area contributed by atoms with Crippen molar-refractivity contribution in [2.24, 2.45) is 50.6 Å². The number of nitrogens with zero attached hydrogens (tertiary/aromatic N) is 16. The van der Waals surface area contributed by atoms with E-state index in [-0.39, 0.29) is 89.4 Å². The third kappa shape index (κ3) is 17.1. The monoisotopic (exact) mass is 1610 g/mol. The Balaban J connectivity index is 0.887. The van der Waals surface area contributed by atoms with Crippen LogP contribution in [0.15, 0.2) is 263 Å². The molecule has 564 valence electrons. The molecule has 4 aromatic heterocycles. The number of aromatic nitrogens is 8. The molecule has 2 atom stereocenters. The molecule has 12 N–H and O–H groups in total. The number of carboxylic acids is 4. The van der Waals surface area contributed by atoms with Crippen molar-refractivity contribution in [3.63, 3.8) is 0 Å². The first-order chi connectivity index (χ1) is 52.3. The fourth-order valence-corrected chi connectivity index (χ4v) is 13.6. The van der Waals surface area contributed by atoms with Crippen LogP contribution < -0.4 is 41.6 Å². The molecule has 2 aliphatic heterocycles. The fourth-order valence-electron chi connectivity index (χ4n) is 10.1. The number of anilines is 2. The number of aliphatic carboxylic acids is 2. The molecular weight excluding hydrogens is 1570 g/mol. The average molecular weight is 1610 g/mol. The highest BCUT2D eigenvalue weighted by molar-refractivity contribution is 7.91. The van der Waals surface area contributed by atoms with Crippen LogP contribution in [0.1, 0.15) is 20.7 Å². The summed E-state index contributed by atoms with van der Waals surface area (Å²) in [4.78, 5) is 110. The lowest BCUT2D eigenvalue weighted by Crippen LogP contribution is -2.40. The molecule has 0 saturated heterocycles. The highest BCUT2D eigenvalue weighted by atomic mass is 32.2. The third-order valence-electron chi connectivity index (χ3n) is 15.2. The minimum Gasteiger partial charge on any atom is -0.478 e. The van der Waals surface area contributed by atoms with E-state index in [2.05, 4.69) is 80.5 Å². The number of amides is 2. The summed E-state index contributed by atoms with van der Waals surface area (Å²) in [5.41, 5.74) is -6.24. The molecule has 2 amide bonds. The number of azo groups is 2. The molecule has 0 spiro atoms. The van der Waals surface area contributed by atoms with Crippen molar-refractivity contribution in [2.75, 3.05) is 10.0 Å². The predicted molar refractivity (Wildman–Crippen MR) is 369 cm³/mol. The molecule has 10 aromatic rings. The summed E-state index contributed by atoms with van der Waals surface area (Å²) >= 11 is 0. The summed E-state index contributed by atoms with van der Waals surface area (Å²) in [6.07, 6.45) is 5.00. The second-order valence-electron chi connectivity index (χ2n) is 22.6.